The number of aromatic nitrogens is 3. The first-order valence-corrected chi connectivity index (χ1v) is 5.55. The Balaban J connectivity index is 1.92. The van der Waals surface area contributed by atoms with E-state index in [0.29, 0.717) is 5.92 Å². The molecule has 2 N–H and O–H groups in total. The van der Waals surface area contributed by atoms with Crippen LogP contribution >= 0.6 is 0 Å². The number of anilines is 1. The van der Waals surface area contributed by atoms with Crippen LogP contribution in [-0.4, -0.2) is 14.8 Å². The van der Waals surface area contributed by atoms with Gasteiger partial charge in [-0.05, 0) is 18.1 Å². The minimum absolute atomic E-state index is 0.490. The Morgan fingerprint density at radius 1 is 1.31 bits per heavy atom. The third-order valence-electron chi connectivity index (χ3n) is 3.27. The number of benzene rings is 1. The van der Waals surface area contributed by atoms with Crippen LogP contribution < -0.4 is 5.73 Å². The van der Waals surface area contributed by atoms with Crippen molar-refractivity contribution in [2.24, 2.45) is 0 Å². The van der Waals surface area contributed by atoms with Crippen molar-refractivity contribution in [3.05, 3.63) is 42.0 Å². The van der Waals surface area contributed by atoms with Crippen LogP contribution in [0.3, 0.4) is 0 Å². The molecule has 16 heavy (non-hydrogen) atoms. The fraction of sp³-hybridized carbons (Fsp3) is 0.333. The molecule has 0 bridgehead atoms. The van der Waals surface area contributed by atoms with Crippen LogP contribution in [0.5, 0.6) is 0 Å². The molecule has 82 valence electrons. The summed E-state index contributed by atoms with van der Waals surface area (Å²) < 4.78 is 2.13. The highest BCUT2D eigenvalue weighted by atomic mass is 15.3. The zero-order valence-electron chi connectivity index (χ0n) is 9.00. The molecule has 0 amide bonds. The van der Waals surface area contributed by atoms with Gasteiger partial charge in [-0.15, -0.1) is 10.2 Å². The highest BCUT2D eigenvalue weighted by Crippen LogP contribution is 2.30. The summed E-state index contributed by atoms with van der Waals surface area (Å²) in [4.78, 5) is 0. The van der Waals surface area contributed by atoms with Crippen LogP contribution in [0.2, 0.25) is 0 Å². The van der Waals surface area contributed by atoms with E-state index in [2.05, 4.69) is 20.8 Å². The highest BCUT2D eigenvalue weighted by Gasteiger charge is 2.21. The average Bonchev–Trinajstić information content (AvgIpc) is 2.76. The number of nitrogens with zero attached hydrogens (tertiary/aromatic N) is 3. The minimum Gasteiger partial charge on any atom is -0.398 e. The van der Waals surface area contributed by atoms with Crippen molar-refractivity contribution in [1.29, 1.82) is 0 Å². The molecule has 1 atom stereocenters. The molecule has 0 aliphatic carbocycles. The van der Waals surface area contributed by atoms with E-state index in [9.17, 15) is 0 Å². The Morgan fingerprint density at radius 3 is 3.06 bits per heavy atom. The van der Waals surface area contributed by atoms with Crippen molar-refractivity contribution in [2.45, 2.75) is 25.3 Å². The maximum absolute atomic E-state index is 6.01. The molecule has 0 fully saturated rings. The number of nitrogen functional groups attached to an aromatic ring is 1. The number of rotatable bonds is 1. The van der Waals surface area contributed by atoms with E-state index in [1.807, 2.05) is 18.2 Å². The van der Waals surface area contributed by atoms with Gasteiger partial charge in [-0.1, -0.05) is 18.2 Å². The van der Waals surface area contributed by atoms with Crippen molar-refractivity contribution in [1.82, 2.24) is 14.8 Å². The number of para-hydroxylation sites is 1. The third kappa shape index (κ3) is 1.46. The second-order valence-corrected chi connectivity index (χ2v) is 4.26. The zero-order valence-corrected chi connectivity index (χ0v) is 9.00. The van der Waals surface area contributed by atoms with E-state index in [1.165, 1.54) is 5.56 Å². The van der Waals surface area contributed by atoms with E-state index in [-0.39, 0.29) is 0 Å². The molecule has 2 heterocycles. The maximum atomic E-state index is 6.01. The molecule has 0 spiro atoms. The number of aryl methyl sites for hydroxylation is 1. The van der Waals surface area contributed by atoms with Crippen LogP contribution in [0.1, 0.15) is 23.7 Å². The third-order valence-corrected chi connectivity index (χ3v) is 3.27. The number of hydrogen-bond acceptors (Lipinski definition) is 3. The Hall–Kier alpha value is -1.84. The Labute approximate surface area is 94.1 Å². The smallest absolute Gasteiger partial charge is 0.132 e. The quantitative estimate of drug-likeness (QED) is 0.733. The molecular formula is C12H14N4. The average molecular weight is 214 g/mol. The normalized spacial score (nSPS) is 19.4. The van der Waals surface area contributed by atoms with Crippen LogP contribution in [-0.2, 0) is 13.0 Å². The van der Waals surface area contributed by atoms with Crippen molar-refractivity contribution in [2.75, 3.05) is 5.73 Å². The van der Waals surface area contributed by atoms with Gasteiger partial charge in [0.15, 0.2) is 0 Å². The van der Waals surface area contributed by atoms with E-state index < -0.39 is 0 Å². The Morgan fingerprint density at radius 2 is 2.19 bits per heavy atom. The monoisotopic (exact) mass is 214 g/mol. The van der Waals surface area contributed by atoms with Crippen molar-refractivity contribution in [3.63, 3.8) is 0 Å². The summed E-state index contributed by atoms with van der Waals surface area (Å²) in [7, 11) is 0. The lowest BCUT2D eigenvalue weighted by Crippen LogP contribution is -2.19. The maximum Gasteiger partial charge on any atom is 0.132 e. The predicted octanol–water partition coefficient (Wildman–Crippen LogP) is 1.59. The van der Waals surface area contributed by atoms with Gasteiger partial charge in [-0.3, -0.25) is 0 Å². The number of hydrogen-bond donors (Lipinski definition) is 1. The first kappa shape index (κ1) is 9.39. The molecule has 4 nitrogen and oxygen atoms in total. The van der Waals surface area contributed by atoms with Gasteiger partial charge in [0.25, 0.3) is 0 Å². The van der Waals surface area contributed by atoms with E-state index in [1.54, 1.807) is 6.33 Å². The van der Waals surface area contributed by atoms with Gasteiger partial charge in [0.1, 0.15) is 12.2 Å². The molecule has 1 aromatic carbocycles. The van der Waals surface area contributed by atoms with Gasteiger partial charge < -0.3 is 10.3 Å². The van der Waals surface area contributed by atoms with Crippen molar-refractivity contribution >= 4 is 5.69 Å². The highest BCUT2D eigenvalue weighted by molar-refractivity contribution is 5.48. The lowest BCUT2D eigenvalue weighted by molar-refractivity contribution is 0.457. The van der Waals surface area contributed by atoms with Crippen molar-refractivity contribution < 1.29 is 0 Å². The Bertz CT molecular complexity index is 503. The molecule has 4 heteroatoms. The second kappa shape index (κ2) is 3.63. The van der Waals surface area contributed by atoms with Gasteiger partial charge in [0, 0.05) is 24.6 Å². The largest absolute Gasteiger partial charge is 0.398 e. The van der Waals surface area contributed by atoms with Crippen LogP contribution in [0, 0.1) is 0 Å². The van der Waals surface area contributed by atoms with Gasteiger partial charge >= 0.3 is 0 Å². The topological polar surface area (TPSA) is 56.7 Å². The molecule has 1 aliphatic rings. The fourth-order valence-electron chi connectivity index (χ4n) is 2.39. The molecule has 1 unspecified atom stereocenters. The van der Waals surface area contributed by atoms with E-state index >= 15 is 0 Å². The number of nitrogens with two attached hydrogens (primary N) is 1. The Kier molecular flexibility index (Phi) is 2.13. The molecule has 0 saturated carbocycles. The molecular weight excluding hydrogens is 200 g/mol. The standard InChI is InChI=1S/C12H14N4/c13-11-4-2-1-3-10(11)9-5-6-12-15-14-8-16(12)7-9/h1-4,8-9H,5-7,13H2. The molecule has 0 radical (unpaired) electrons. The first-order chi connectivity index (χ1) is 7.84. The summed E-state index contributed by atoms with van der Waals surface area (Å²) in [6.45, 7) is 0.941. The number of fused-ring (bicyclic) bond motifs is 1. The van der Waals surface area contributed by atoms with Gasteiger partial charge in [0.2, 0.25) is 0 Å². The molecule has 3 rings (SSSR count). The van der Waals surface area contributed by atoms with Gasteiger partial charge in [-0.2, -0.15) is 0 Å². The van der Waals surface area contributed by atoms with Crippen LogP contribution in [0.15, 0.2) is 30.6 Å². The van der Waals surface area contributed by atoms with E-state index in [4.69, 9.17) is 5.73 Å². The van der Waals surface area contributed by atoms with Crippen LogP contribution in [0.25, 0.3) is 0 Å². The summed E-state index contributed by atoms with van der Waals surface area (Å²) in [5.74, 6) is 1.58. The van der Waals surface area contributed by atoms with E-state index in [0.717, 1.165) is 30.9 Å². The summed E-state index contributed by atoms with van der Waals surface area (Å²) in [6, 6.07) is 8.12. The predicted molar refractivity (Wildman–Crippen MR) is 61.9 cm³/mol. The van der Waals surface area contributed by atoms with Crippen LogP contribution in [0.4, 0.5) is 5.69 Å². The molecule has 0 saturated heterocycles. The lowest BCUT2D eigenvalue weighted by atomic mass is 9.90. The summed E-state index contributed by atoms with van der Waals surface area (Å²) in [5.41, 5.74) is 8.15. The zero-order chi connectivity index (χ0) is 11.0. The summed E-state index contributed by atoms with van der Waals surface area (Å²) >= 11 is 0. The molecule has 2 aromatic rings. The lowest BCUT2D eigenvalue weighted by Gasteiger charge is -2.24. The molecule has 1 aromatic heterocycles. The first-order valence-electron chi connectivity index (χ1n) is 5.55. The summed E-state index contributed by atoms with van der Waals surface area (Å²) in [6.07, 6.45) is 3.90. The minimum atomic E-state index is 0.490. The molecule has 1 aliphatic heterocycles. The van der Waals surface area contributed by atoms with Gasteiger partial charge in [-0.25, -0.2) is 0 Å². The SMILES string of the molecule is Nc1ccccc1C1CCc2nncn2C1. The summed E-state index contributed by atoms with van der Waals surface area (Å²) in [5, 5.41) is 8.03. The van der Waals surface area contributed by atoms with Gasteiger partial charge in [0.05, 0.1) is 0 Å². The fourth-order valence-corrected chi connectivity index (χ4v) is 2.39. The second-order valence-electron chi connectivity index (χ2n) is 4.26. The van der Waals surface area contributed by atoms with Crippen molar-refractivity contribution in [3.8, 4) is 0 Å².